The van der Waals surface area contributed by atoms with E-state index in [1.165, 1.54) is 12.7 Å². The van der Waals surface area contributed by atoms with E-state index in [-0.39, 0.29) is 25.3 Å². The Bertz CT molecular complexity index is 847. The van der Waals surface area contributed by atoms with Crippen molar-refractivity contribution in [3.05, 3.63) is 23.0 Å². The quantitative estimate of drug-likeness (QED) is 0.660. The van der Waals surface area contributed by atoms with Crippen LogP contribution in [0, 0.1) is 11.8 Å². The molecule has 2 aromatic rings. The molecule has 3 heterocycles. The van der Waals surface area contributed by atoms with Gasteiger partial charge in [-0.3, -0.25) is 9.36 Å². The van der Waals surface area contributed by atoms with E-state index in [1.54, 1.807) is 4.57 Å². The lowest BCUT2D eigenvalue weighted by Gasteiger charge is -2.24. The van der Waals surface area contributed by atoms with Crippen LogP contribution in [0.1, 0.15) is 6.42 Å². The fourth-order valence-electron chi connectivity index (χ4n) is 2.78. The highest BCUT2D eigenvalue weighted by molar-refractivity contribution is 7.53. The van der Waals surface area contributed by atoms with Gasteiger partial charge in [0.1, 0.15) is 0 Å². The second-order valence-corrected chi connectivity index (χ2v) is 7.51. The summed E-state index contributed by atoms with van der Waals surface area (Å²) in [6.45, 7) is 0.362. The highest BCUT2D eigenvalue weighted by Crippen LogP contribution is 2.56. The minimum atomic E-state index is -5.53. The van der Waals surface area contributed by atoms with E-state index >= 15 is 0 Å². The van der Waals surface area contributed by atoms with Gasteiger partial charge in [-0.25, -0.2) is 9.97 Å². The van der Waals surface area contributed by atoms with E-state index < -0.39 is 37.1 Å². The van der Waals surface area contributed by atoms with Crippen molar-refractivity contribution < 1.29 is 27.9 Å². The topological polar surface area (TPSA) is 130 Å². The van der Waals surface area contributed by atoms with Crippen LogP contribution in [0.25, 0.3) is 11.2 Å². The van der Waals surface area contributed by atoms with Gasteiger partial charge in [-0.05, 0) is 5.92 Å². The van der Waals surface area contributed by atoms with Gasteiger partial charge in [-0.15, -0.1) is 0 Å². The van der Waals surface area contributed by atoms with Gasteiger partial charge in [-0.1, -0.05) is 0 Å². The molecule has 0 amide bonds. The molecule has 132 valence electrons. The van der Waals surface area contributed by atoms with E-state index in [1.807, 2.05) is 0 Å². The maximum absolute atomic E-state index is 13.6. The van der Waals surface area contributed by atoms with E-state index in [0.29, 0.717) is 5.65 Å². The van der Waals surface area contributed by atoms with Gasteiger partial charge < -0.3 is 24.1 Å². The first-order valence-electron chi connectivity index (χ1n) is 7.09. The molecule has 0 spiro atoms. The zero-order chi connectivity index (χ0) is 17.5. The molecule has 0 aliphatic carbocycles. The Morgan fingerprint density at radius 1 is 1.38 bits per heavy atom. The molecule has 9 nitrogen and oxygen atoms in total. The van der Waals surface area contributed by atoms with Crippen molar-refractivity contribution >= 4 is 18.8 Å². The zero-order valence-corrected chi connectivity index (χ0v) is 13.2. The molecule has 12 heteroatoms. The number of nitrogens with zero attached hydrogens (tertiary/aromatic N) is 3. The molecule has 0 saturated carbocycles. The summed E-state index contributed by atoms with van der Waals surface area (Å²) in [5, 5.41) is 0. The summed E-state index contributed by atoms with van der Waals surface area (Å²) >= 11 is 0. The second-order valence-electron chi connectivity index (χ2n) is 5.77. The number of H-pyrrole nitrogens is 1. The lowest BCUT2D eigenvalue weighted by Crippen LogP contribution is -2.27. The minimum Gasteiger partial charge on any atom is -0.381 e. The molecule has 2 atom stereocenters. The number of ether oxygens (including phenoxy) is 1. The number of nitrogens with one attached hydrogen (secondary N) is 1. The van der Waals surface area contributed by atoms with E-state index in [0.717, 1.165) is 0 Å². The van der Waals surface area contributed by atoms with Crippen LogP contribution in [-0.2, 0) is 15.8 Å². The molecule has 1 fully saturated rings. The Morgan fingerprint density at radius 3 is 2.79 bits per heavy atom. The number of alkyl halides is 2. The van der Waals surface area contributed by atoms with Gasteiger partial charge in [0.25, 0.3) is 5.56 Å². The first-order valence-corrected chi connectivity index (χ1v) is 8.70. The summed E-state index contributed by atoms with van der Waals surface area (Å²) in [4.78, 5) is 39.5. The van der Waals surface area contributed by atoms with E-state index in [2.05, 4.69) is 15.0 Å². The maximum atomic E-state index is 13.6. The standard InChI is InChI=1S/C12H15F2N4O5P/c13-12(14,24(20,21)22)1-7-3-23-4-8(7)2-18-6-17-9-10(18)15-5-16-11(9)19/h5-8H,1-4H2,(H,15,16,19)(H2,20,21,22)/t7-,8+/m1/s1. The summed E-state index contributed by atoms with van der Waals surface area (Å²) < 4.78 is 45.0. The number of hydrogen-bond acceptors (Lipinski definition) is 5. The van der Waals surface area contributed by atoms with Crippen molar-refractivity contribution in [1.29, 1.82) is 0 Å². The van der Waals surface area contributed by atoms with Gasteiger partial charge >= 0.3 is 13.3 Å². The maximum Gasteiger partial charge on any atom is 0.394 e. The van der Waals surface area contributed by atoms with Crippen molar-refractivity contribution in [3.63, 3.8) is 0 Å². The van der Waals surface area contributed by atoms with Crippen LogP contribution in [-0.4, -0.2) is 48.2 Å². The predicted molar refractivity (Wildman–Crippen MR) is 77.6 cm³/mol. The lowest BCUT2D eigenvalue weighted by atomic mass is 9.93. The third-order valence-electron chi connectivity index (χ3n) is 4.10. The van der Waals surface area contributed by atoms with Crippen LogP contribution >= 0.6 is 7.60 Å². The van der Waals surface area contributed by atoms with Crippen molar-refractivity contribution in [1.82, 2.24) is 19.5 Å². The van der Waals surface area contributed by atoms with Crippen LogP contribution < -0.4 is 5.56 Å². The Hall–Kier alpha value is -1.68. The third kappa shape index (κ3) is 3.12. The molecule has 0 unspecified atom stereocenters. The normalized spacial score (nSPS) is 22.3. The van der Waals surface area contributed by atoms with Crippen LogP contribution in [0.5, 0.6) is 0 Å². The molecule has 0 radical (unpaired) electrons. The molecule has 1 saturated heterocycles. The number of rotatable bonds is 5. The van der Waals surface area contributed by atoms with E-state index in [4.69, 9.17) is 14.5 Å². The summed E-state index contributed by atoms with van der Waals surface area (Å²) in [7, 11) is -5.53. The monoisotopic (exact) mass is 364 g/mol. The Morgan fingerprint density at radius 2 is 2.08 bits per heavy atom. The molecule has 3 N–H and O–H groups in total. The van der Waals surface area contributed by atoms with Gasteiger partial charge in [0.15, 0.2) is 11.2 Å². The predicted octanol–water partition coefficient (Wildman–Crippen LogP) is 0.543. The molecule has 1 aliphatic heterocycles. The van der Waals surface area contributed by atoms with Crippen molar-refractivity contribution in [3.8, 4) is 0 Å². The summed E-state index contributed by atoms with van der Waals surface area (Å²) in [6.07, 6.45) is 1.62. The Balaban J connectivity index is 1.80. The van der Waals surface area contributed by atoms with Gasteiger partial charge in [0.05, 0.1) is 25.9 Å². The Labute approximate surface area is 133 Å². The second kappa shape index (κ2) is 5.99. The lowest BCUT2D eigenvalue weighted by molar-refractivity contribution is 0.0265. The number of aromatic nitrogens is 4. The van der Waals surface area contributed by atoms with Gasteiger partial charge in [-0.2, -0.15) is 8.78 Å². The van der Waals surface area contributed by atoms with Crippen LogP contribution in [0.4, 0.5) is 8.78 Å². The first kappa shape index (κ1) is 17.2. The molecule has 0 bridgehead atoms. The molecular weight excluding hydrogens is 349 g/mol. The van der Waals surface area contributed by atoms with Gasteiger partial charge in [0, 0.05) is 18.9 Å². The van der Waals surface area contributed by atoms with E-state index in [9.17, 15) is 18.1 Å². The van der Waals surface area contributed by atoms with Crippen LogP contribution in [0.3, 0.4) is 0 Å². The highest BCUT2D eigenvalue weighted by Gasteiger charge is 2.51. The summed E-state index contributed by atoms with van der Waals surface area (Å²) in [5.41, 5.74) is -4.07. The average molecular weight is 364 g/mol. The summed E-state index contributed by atoms with van der Waals surface area (Å²) in [6, 6.07) is 0. The number of imidazole rings is 1. The minimum absolute atomic E-state index is 0.0130. The van der Waals surface area contributed by atoms with Gasteiger partial charge in [0.2, 0.25) is 0 Å². The van der Waals surface area contributed by atoms with Crippen LogP contribution in [0.2, 0.25) is 0 Å². The fraction of sp³-hybridized carbons (Fsp3) is 0.583. The number of halogens is 2. The third-order valence-corrected chi connectivity index (χ3v) is 5.14. The van der Waals surface area contributed by atoms with Crippen molar-refractivity contribution in [2.24, 2.45) is 11.8 Å². The first-order chi connectivity index (χ1) is 11.2. The van der Waals surface area contributed by atoms with Crippen LogP contribution in [0.15, 0.2) is 17.4 Å². The largest absolute Gasteiger partial charge is 0.394 e. The molecule has 0 aromatic carbocycles. The Kier molecular flexibility index (Phi) is 4.28. The highest BCUT2D eigenvalue weighted by atomic mass is 31.2. The van der Waals surface area contributed by atoms with Crippen molar-refractivity contribution in [2.45, 2.75) is 18.6 Å². The average Bonchev–Trinajstić information content (AvgIpc) is 3.07. The van der Waals surface area contributed by atoms with Crippen molar-refractivity contribution in [2.75, 3.05) is 13.2 Å². The zero-order valence-electron chi connectivity index (χ0n) is 12.3. The molecule has 3 rings (SSSR count). The number of fused-ring (bicyclic) bond motifs is 1. The number of hydrogen-bond donors (Lipinski definition) is 3. The smallest absolute Gasteiger partial charge is 0.381 e. The molecule has 24 heavy (non-hydrogen) atoms. The molecule has 1 aliphatic rings. The fourth-order valence-corrected chi connectivity index (χ4v) is 3.26. The SMILES string of the molecule is O=c1[nH]cnc2c1ncn2C[C@H]1COC[C@H]1CC(F)(F)P(=O)(O)O. The number of aromatic amines is 1. The summed E-state index contributed by atoms with van der Waals surface area (Å²) in [5.74, 6) is -1.13. The molecule has 2 aromatic heterocycles. The molecular formula is C12H15F2N4O5P.